The molecule has 0 unspecified atom stereocenters. The number of rotatable bonds is 9. The van der Waals surface area contributed by atoms with Gasteiger partial charge in [-0.2, -0.15) is 15.8 Å². The molecule has 25 heavy (non-hydrogen) atoms. The van der Waals surface area contributed by atoms with Crippen molar-refractivity contribution < 1.29 is 0 Å². The van der Waals surface area contributed by atoms with Crippen molar-refractivity contribution in [1.82, 2.24) is 11.5 Å². The second-order valence-corrected chi connectivity index (χ2v) is 10.1. The summed E-state index contributed by atoms with van der Waals surface area (Å²) in [5, 5.41) is 31.5. The van der Waals surface area contributed by atoms with E-state index in [0.29, 0.717) is 0 Å². The van der Waals surface area contributed by atoms with Gasteiger partial charge in [0.2, 0.25) is 0 Å². The summed E-state index contributed by atoms with van der Waals surface area (Å²) in [5.74, 6) is 0. The third kappa shape index (κ3) is 30.5. The Bertz CT molecular complexity index is 406. The molecule has 0 aliphatic heterocycles. The lowest BCUT2D eigenvalue weighted by atomic mass is 10.4. The van der Waals surface area contributed by atoms with E-state index in [4.69, 9.17) is 21.2 Å². The van der Waals surface area contributed by atoms with Gasteiger partial charge in [-0.05, 0) is 19.3 Å². The van der Waals surface area contributed by atoms with Gasteiger partial charge in [-0.1, -0.05) is 40.0 Å². The summed E-state index contributed by atoms with van der Waals surface area (Å²) >= 11 is 0. The maximum atomic E-state index is 7.48. The van der Waals surface area contributed by atoms with Crippen LogP contribution >= 0.6 is 7.26 Å². The molecule has 0 radical (unpaired) electrons. The molecule has 0 spiro atoms. The highest BCUT2D eigenvalue weighted by Crippen LogP contribution is 2.57. The molecule has 142 valence electrons. The van der Waals surface area contributed by atoms with Gasteiger partial charge in [-0.3, -0.25) is 0 Å². The van der Waals surface area contributed by atoms with Crippen molar-refractivity contribution in [1.29, 1.82) is 15.8 Å². The molecule has 0 atom stereocenters. The van der Waals surface area contributed by atoms with E-state index in [-0.39, 0.29) is 6.15 Å². The minimum absolute atomic E-state index is 0. The van der Waals surface area contributed by atoms with Crippen LogP contribution in [0.15, 0.2) is 4.99 Å². The number of aliphatic imine (C=N–C) groups is 1. The minimum Gasteiger partial charge on any atom is -0.422 e. The normalized spacial score (nSPS) is 8.20. The van der Waals surface area contributed by atoms with E-state index in [1.807, 2.05) is 0 Å². The Hall–Kier alpha value is -1.96. The van der Waals surface area contributed by atoms with E-state index in [0.717, 1.165) is 0 Å². The summed E-state index contributed by atoms with van der Waals surface area (Å²) in [7, 11) is -0.519. The van der Waals surface area contributed by atoms with Gasteiger partial charge in [0.15, 0.2) is 12.4 Å². The summed E-state index contributed by atoms with van der Waals surface area (Å²) in [6.07, 6.45) is 17.3. The highest BCUT2D eigenvalue weighted by atomic mass is 31.2. The van der Waals surface area contributed by atoms with Crippen molar-refractivity contribution in [2.75, 3.05) is 25.2 Å². The maximum absolute atomic E-state index is 7.48. The molecule has 0 aromatic heterocycles. The van der Waals surface area contributed by atoms with Crippen molar-refractivity contribution in [3.05, 3.63) is 5.41 Å². The van der Waals surface area contributed by atoms with Crippen LogP contribution in [-0.2, 0) is 0 Å². The molecule has 8 heteroatoms. The van der Waals surface area contributed by atoms with Gasteiger partial charge in [-0.25, -0.2) is 5.32 Å². The van der Waals surface area contributed by atoms with Crippen LogP contribution < -0.4 is 11.5 Å². The molecule has 0 heterocycles. The molecule has 0 saturated carbocycles. The molecule has 7 nitrogen and oxygen atoms in total. The Morgan fingerprint density at radius 3 is 1.36 bits per heavy atom. The topological polar surface area (TPSA) is 153 Å². The molecule has 0 aromatic rings. The fourth-order valence-corrected chi connectivity index (χ4v) is 5.91. The van der Waals surface area contributed by atoms with Gasteiger partial charge in [0.25, 0.3) is 0 Å². The summed E-state index contributed by atoms with van der Waals surface area (Å²) in [4.78, 5) is 2.58. The van der Waals surface area contributed by atoms with Gasteiger partial charge in [0.1, 0.15) is 0 Å². The summed E-state index contributed by atoms with van der Waals surface area (Å²) in [6.45, 7) is 9.59. The van der Waals surface area contributed by atoms with E-state index in [1.54, 1.807) is 23.8 Å². The van der Waals surface area contributed by atoms with Gasteiger partial charge >= 0.3 is 0 Å². The first-order chi connectivity index (χ1) is 11.5. The van der Waals surface area contributed by atoms with Crippen molar-refractivity contribution in [2.45, 2.75) is 59.3 Å². The molecular weight excluding hydrogens is 333 g/mol. The zero-order valence-electron chi connectivity index (χ0n) is 16.3. The zero-order chi connectivity index (χ0) is 19.1. The third-order valence-corrected chi connectivity index (χ3v) is 7.55. The molecule has 0 aromatic carbocycles. The Morgan fingerprint density at radius 1 is 0.880 bits per heavy atom. The molecule has 4 N–H and O–H groups in total. The Morgan fingerprint density at radius 2 is 1.24 bits per heavy atom. The van der Waals surface area contributed by atoms with Crippen molar-refractivity contribution >= 4 is 13.3 Å². The van der Waals surface area contributed by atoms with Crippen molar-refractivity contribution in [3.8, 4) is 18.6 Å². The predicted molar refractivity (Wildman–Crippen MR) is 108 cm³/mol. The SMILES string of the molecule is CCCC[P+](C)(CCCC)CCCC.N.N#CN=C=[N-].N#CNC#N. The summed E-state index contributed by atoms with van der Waals surface area (Å²) in [5.41, 5.74) is 0. The number of hydrogen-bond acceptors (Lipinski definition) is 6. The second-order valence-electron chi connectivity index (χ2n) is 5.51. The maximum Gasteiger partial charge on any atom is 0.190 e. The lowest BCUT2D eigenvalue weighted by Crippen LogP contribution is -2.07. The van der Waals surface area contributed by atoms with Gasteiger partial charge in [0, 0.05) is 13.9 Å². The lowest BCUT2D eigenvalue weighted by Gasteiger charge is -2.22. The summed E-state index contributed by atoms with van der Waals surface area (Å²) < 4.78 is 0. The number of nitriles is 3. The smallest absolute Gasteiger partial charge is 0.190 e. The van der Waals surface area contributed by atoms with Crippen molar-refractivity contribution in [3.63, 3.8) is 0 Å². The van der Waals surface area contributed by atoms with E-state index in [2.05, 4.69) is 32.4 Å². The predicted octanol–water partition coefficient (Wildman–Crippen LogP) is 4.95. The van der Waals surface area contributed by atoms with Crippen LogP contribution in [0.4, 0.5) is 0 Å². The van der Waals surface area contributed by atoms with Crippen LogP contribution in [0.25, 0.3) is 5.41 Å². The average molecular weight is 367 g/mol. The standard InChI is InChI=1S/C13H30P.C2HN3.C2N3.H3N/c1-5-8-11-14(4,12-9-6-2)13-10-7-3;2*3-1-5-2-4;/h5-13H2,1-4H3;5H;;1H3/q+1;;-1;. The monoisotopic (exact) mass is 367 g/mol. The van der Waals surface area contributed by atoms with Gasteiger partial charge in [0.05, 0.1) is 24.7 Å². The molecule has 0 saturated heterocycles. The van der Waals surface area contributed by atoms with E-state index in [9.17, 15) is 0 Å². The number of nitrogens with one attached hydrogen (secondary N) is 1. The van der Waals surface area contributed by atoms with Gasteiger partial charge < -0.3 is 16.6 Å². The van der Waals surface area contributed by atoms with Crippen LogP contribution in [0.1, 0.15) is 59.3 Å². The highest BCUT2D eigenvalue weighted by molar-refractivity contribution is 7.75. The minimum atomic E-state index is -0.519. The highest BCUT2D eigenvalue weighted by Gasteiger charge is 2.28. The molecular formula is C17H34N7P. The number of hydrogen-bond donors (Lipinski definition) is 2. The molecule has 0 fully saturated rings. The number of unbranched alkanes of at least 4 members (excludes halogenated alkanes) is 3. The van der Waals surface area contributed by atoms with E-state index < -0.39 is 7.26 Å². The van der Waals surface area contributed by atoms with Crippen LogP contribution in [0, 0.1) is 34.4 Å². The fourth-order valence-electron chi connectivity index (χ4n) is 2.00. The van der Waals surface area contributed by atoms with Crippen LogP contribution in [0.2, 0.25) is 0 Å². The molecule has 0 rings (SSSR count). The fraction of sp³-hybridized carbons (Fsp3) is 0.765. The average Bonchev–Trinajstić information content (AvgIpc) is 2.59. The first-order valence-electron chi connectivity index (χ1n) is 8.36. The van der Waals surface area contributed by atoms with Gasteiger partial charge in [-0.15, -0.1) is 6.01 Å². The second kappa shape index (κ2) is 26.9. The molecule has 0 aliphatic carbocycles. The Balaban J connectivity index is -0.000000166. The zero-order valence-corrected chi connectivity index (χ0v) is 17.1. The van der Waals surface area contributed by atoms with Crippen LogP contribution in [0.3, 0.4) is 0 Å². The largest absolute Gasteiger partial charge is 0.422 e. The Kier molecular flexibility index (Phi) is 33.2. The van der Waals surface area contributed by atoms with Crippen LogP contribution in [-0.4, -0.2) is 31.2 Å². The van der Waals surface area contributed by atoms with Crippen LogP contribution in [0.5, 0.6) is 0 Å². The molecule has 0 aliphatic rings. The first kappa shape index (κ1) is 30.9. The Labute approximate surface area is 154 Å². The molecule has 0 bridgehead atoms. The van der Waals surface area contributed by atoms with E-state index >= 15 is 0 Å². The first-order valence-corrected chi connectivity index (χ1v) is 11.2. The number of nitrogens with zero attached hydrogens (tertiary/aromatic N) is 5. The van der Waals surface area contributed by atoms with Crippen molar-refractivity contribution in [2.24, 2.45) is 4.99 Å². The third-order valence-electron chi connectivity index (χ3n) is 3.37. The quantitative estimate of drug-likeness (QED) is 0.255. The summed E-state index contributed by atoms with van der Waals surface area (Å²) in [6, 6.07) is 1.28. The molecule has 0 amide bonds. The van der Waals surface area contributed by atoms with E-state index in [1.165, 1.54) is 63.1 Å². The lowest BCUT2D eigenvalue weighted by molar-refractivity contribution is 0.838.